The zero-order valence-electron chi connectivity index (χ0n) is 12.0. The van der Waals surface area contributed by atoms with Crippen LogP contribution < -0.4 is 11.1 Å². The Morgan fingerprint density at radius 3 is 2.76 bits per heavy atom. The zero-order valence-corrected chi connectivity index (χ0v) is 12.8. The van der Waals surface area contributed by atoms with Gasteiger partial charge in [-0.3, -0.25) is 4.79 Å². The Balaban J connectivity index is 0.00000220. The normalized spacial score (nSPS) is 20.5. The molecule has 0 radical (unpaired) electrons. The fourth-order valence-corrected chi connectivity index (χ4v) is 2.61. The van der Waals surface area contributed by atoms with Gasteiger partial charge in [0.05, 0.1) is 12.7 Å². The van der Waals surface area contributed by atoms with E-state index in [2.05, 4.69) is 10.1 Å². The number of ether oxygens (including phenoxy) is 1. The summed E-state index contributed by atoms with van der Waals surface area (Å²) in [5, 5.41) is 2.81. The van der Waals surface area contributed by atoms with Crippen LogP contribution in [0.4, 0.5) is 5.69 Å². The number of nitrogens with two attached hydrogens (primary N) is 1. The topological polar surface area (TPSA) is 81.4 Å². The molecule has 1 amide bonds. The summed E-state index contributed by atoms with van der Waals surface area (Å²) in [7, 11) is 1.33. The van der Waals surface area contributed by atoms with Gasteiger partial charge in [-0.25, -0.2) is 4.79 Å². The SMILES string of the molecule is COC(=O)c1cccc(NC(=O)C[C@@H]2CCC[C@H]2N)c1.Cl. The van der Waals surface area contributed by atoms with Crippen LogP contribution in [0, 0.1) is 5.92 Å². The van der Waals surface area contributed by atoms with Crippen molar-refractivity contribution >= 4 is 30.0 Å². The van der Waals surface area contributed by atoms with E-state index in [1.54, 1.807) is 24.3 Å². The van der Waals surface area contributed by atoms with E-state index in [0.717, 1.165) is 19.3 Å². The van der Waals surface area contributed by atoms with Crippen LogP contribution in [-0.2, 0) is 9.53 Å². The third-order valence-electron chi connectivity index (χ3n) is 3.73. The van der Waals surface area contributed by atoms with Crippen molar-refractivity contribution in [1.29, 1.82) is 0 Å². The summed E-state index contributed by atoms with van der Waals surface area (Å²) in [4.78, 5) is 23.4. The van der Waals surface area contributed by atoms with Crippen molar-refractivity contribution in [2.75, 3.05) is 12.4 Å². The van der Waals surface area contributed by atoms with E-state index >= 15 is 0 Å². The first-order chi connectivity index (χ1) is 9.60. The number of hydrogen-bond acceptors (Lipinski definition) is 4. The molecule has 0 bridgehead atoms. The summed E-state index contributed by atoms with van der Waals surface area (Å²) >= 11 is 0. The van der Waals surface area contributed by atoms with Crippen molar-refractivity contribution in [3.05, 3.63) is 29.8 Å². The van der Waals surface area contributed by atoms with Gasteiger partial charge in [-0.1, -0.05) is 12.5 Å². The molecule has 1 aliphatic rings. The Morgan fingerprint density at radius 1 is 1.38 bits per heavy atom. The maximum atomic E-state index is 12.0. The molecule has 116 valence electrons. The highest BCUT2D eigenvalue weighted by Crippen LogP contribution is 2.27. The molecule has 0 spiro atoms. The van der Waals surface area contributed by atoms with Crippen LogP contribution in [0.2, 0.25) is 0 Å². The monoisotopic (exact) mass is 312 g/mol. The lowest BCUT2D eigenvalue weighted by Crippen LogP contribution is -2.28. The summed E-state index contributed by atoms with van der Waals surface area (Å²) in [6, 6.07) is 6.84. The molecule has 5 nitrogen and oxygen atoms in total. The molecule has 0 saturated heterocycles. The number of methoxy groups -OCH3 is 1. The van der Waals surface area contributed by atoms with E-state index < -0.39 is 5.97 Å². The lowest BCUT2D eigenvalue weighted by atomic mass is 10.00. The molecule has 1 fully saturated rings. The van der Waals surface area contributed by atoms with Gasteiger partial charge < -0.3 is 15.8 Å². The van der Waals surface area contributed by atoms with Gasteiger partial charge in [-0.15, -0.1) is 12.4 Å². The molecule has 0 heterocycles. The minimum Gasteiger partial charge on any atom is -0.465 e. The Kier molecular flexibility index (Phi) is 6.65. The molecule has 6 heteroatoms. The van der Waals surface area contributed by atoms with E-state index in [9.17, 15) is 9.59 Å². The Hall–Kier alpha value is -1.59. The van der Waals surface area contributed by atoms with Gasteiger partial charge in [-0.05, 0) is 37.0 Å². The number of nitrogens with one attached hydrogen (secondary N) is 1. The van der Waals surface area contributed by atoms with Crippen molar-refractivity contribution in [2.45, 2.75) is 31.7 Å². The van der Waals surface area contributed by atoms with Crippen LogP contribution in [0.5, 0.6) is 0 Å². The van der Waals surface area contributed by atoms with E-state index in [1.807, 2.05) is 0 Å². The van der Waals surface area contributed by atoms with Crippen molar-refractivity contribution in [2.24, 2.45) is 11.7 Å². The van der Waals surface area contributed by atoms with Gasteiger partial charge in [-0.2, -0.15) is 0 Å². The number of carbonyl (C=O) groups excluding carboxylic acids is 2. The fraction of sp³-hybridized carbons (Fsp3) is 0.467. The third kappa shape index (κ3) is 4.72. The summed E-state index contributed by atoms with van der Waals surface area (Å²) in [6.07, 6.45) is 3.53. The second-order valence-corrected chi connectivity index (χ2v) is 5.18. The van der Waals surface area contributed by atoms with Gasteiger partial charge in [0.15, 0.2) is 0 Å². The average Bonchev–Trinajstić information content (AvgIpc) is 2.83. The summed E-state index contributed by atoms with van der Waals surface area (Å²) < 4.78 is 4.65. The largest absolute Gasteiger partial charge is 0.465 e. The van der Waals surface area contributed by atoms with Gasteiger partial charge in [0, 0.05) is 18.2 Å². The number of hydrogen-bond donors (Lipinski definition) is 2. The lowest BCUT2D eigenvalue weighted by molar-refractivity contribution is -0.117. The van der Waals surface area contributed by atoms with Crippen LogP contribution in [0.25, 0.3) is 0 Å². The van der Waals surface area contributed by atoms with Crippen molar-refractivity contribution < 1.29 is 14.3 Å². The van der Waals surface area contributed by atoms with Crippen LogP contribution >= 0.6 is 12.4 Å². The molecule has 3 N–H and O–H groups in total. The average molecular weight is 313 g/mol. The van der Waals surface area contributed by atoms with Crippen molar-refractivity contribution in [3.63, 3.8) is 0 Å². The van der Waals surface area contributed by atoms with Gasteiger partial charge in [0.2, 0.25) is 5.91 Å². The first-order valence-corrected chi connectivity index (χ1v) is 6.84. The minimum absolute atomic E-state index is 0. The summed E-state index contributed by atoms with van der Waals surface area (Å²) in [5.41, 5.74) is 6.98. The number of esters is 1. The fourth-order valence-electron chi connectivity index (χ4n) is 2.61. The molecular formula is C15H21ClN2O3. The second-order valence-electron chi connectivity index (χ2n) is 5.18. The number of amides is 1. The maximum absolute atomic E-state index is 12.0. The van der Waals surface area contributed by atoms with E-state index in [1.165, 1.54) is 7.11 Å². The molecule has 0 unspecified atom stereocenters. The molecule has 2 rings (SSSR count). The van der Waals surface area contributed by atoms with Gasteiger partial charge >= 0.3 is 5.97 Å². The number of benzene rings is 1. The van der Waals surface area contributed by atoms with Crippen LogP contribution in [0.1, 0.15) is 36.0 Å². The maximum Gasteiger partial charge on any atom is 0.337 e. The molecule has 0 aromatic heterocycles. The molecule has 0 aliphatic heterocycles. The second kappa shape index (κ2) is 8.00. The van der Waals surface area contributed by atoms with Gasteiger partial charge in [0.1, 0.15) is 0 Å². The Bertz CT molecular complexity index is 507. The highest BCUT2D eigenvalue weighted by molar-refractivity contribution is 5.94. The number of rotatable bonds is 4. The van der Waals surface area contributed by atoms with Crippen molar-refractivity contribution in [1.82, 2.24) is 0 Å². The molecule has 21 heavy (non-hydrogen) atoms. The highest BCUT2D eigenvalue weighted by Gasteiger charge is 2.26. The smallest absolute Gasteiger partial charge is 0.337 e. The van der Waals surface area contributed by atoms with Crippen LogP contribution in [0.15, 0.2) is 24.3 Å². The Morgan fingerprint density at radius 2 is 2.14 bits per heavy atom. The van der Waals surface area contributed by atoms with E-state index in [0.29, 0.717) is 17.7 Å². The molecule has 1 saturated carbocycles. The quantitative estimate of drug-likeness (QED) is 0.836. The van der Waals surface area contributed by atoms with Crippen LogP contribution in [0.3, 0.4) is 0 Å². The highest BCUT2D eigenvalue weighted by atomic mass is 35.5. The predicted molar refractivity (Wildman–Crippen MR) is 83.6 cm³/mol. The number of halogens is 1. The first kappa shape index (κ1) is 17.5. The third-order valence-corrected chi connectivity index (χ3v) is 3.73. The predicted octanol–water partition coefficient (Wildman–Crippen LogP) is 2.35. The number of anilines is 1. The molecular weight excluding hydrogens is 292 g/mol. The molecule has 1 aromatic rings. The zero-order chi connectivity index (χ0) is 14.5. The van der Waals surface area contributed by atoms with E-state index in [4.69, 9.17) is 5.73 Å². The minimum atomic E-state index is -0.418. The van der Waals surface area contributed by atoms with Crippen molar-refractivity contribution in [3.8, 4) is 0 Å². The molecule has 2 atom stereocenters. The van der Waals surface area contributed by atoms with E-state index in [-0.39, 0.29) is 30.3 Å². The molecule has 1 aliphatic carbocycles. The number of carbonyl (C=O) groups is 2. The van der Waals surface area contributed by atoms with Gasteiger partial charge in [0.25, 0.3) is 0 Å². The lowest BCUT2D eigenvalue weighted by Gasteiger charge is -2.14. The standard InChI is InChI=1S/C15H20N2O3.ClH/c1-20-15(19)11-5-2-6-12(8-11)17-14(18)9-10-4-3-7-13(10)16;/h2,5-6,8,10,13H,3-4,7,9,16H2,1H3,(H,17,18);1H/t10-,13+;/m0./s1. The van der Waals surface area contributed by atoms with Crippen LogP contribution in [-0.4, -0.2) is 25.0 Å². The first-order valence-electron chi connectivity index (χ1n) is 6.84. The summed E-state index contributed by atoms with van der Waals surface area (Å²) in [6.45, 7) is 0. The summed E-state index contributed by atoms with van der Waals surface area (Å²) in [5.74, 6) is -0.216. The Labute approximate surface area is 130 Å². The molecule has 1 aromatic carbocycles.